The molecule has 5 heteroatoms. The highest BCUT2D eigenvalue weighted by Gasteiger charge is 2.28. The zero-order valence-corrected chi connectivity index (χ0v) is 64.6. The molecule has 550 valence electrons. The number of fused-ring (bicyclic) bond motifs is 14. The topological polar surface area (TPSA) is 27.3 Å². The molecule has 0 saturated heterocycles. The fourth-order valence-electron chi connectivity index (χ4n) is 9.66. The van der Waals surface area contributed by atoms with Crippen LogP contribution in [0.1, 0.15) is 220 Å². The summed E-state index contributed by atoms with van der Waals surface area (Å²) in [6, 6.07) is 76.6. The Kier molecular flexibility index (Phi) is 55.4. The van der Waals surface area contributed by atoms with Crippen LogP contribution in [0.2, 0.25) is 0 Å². The zero-order chi connectivity index (χ0) is 70.8. The second-order valence-corrected chi connectivity index (χ2v) is 26.8. The molecule has 15 rings (SSSR count). The van der Waals surface area contributed by atoms with Gasteiger partial charge < -0.3 is 13.7 Å². The van der Waals surface area contributed by atoms with E-state index in [9.17, 15) is 0 Å². The quantitative estimate of drug-likeness (QED) is 0.164. The second-order valence-electron chi connectivity index (χ2n) is 24.5. The minimum absolute atomic E-state index is 0. The van der Waals surface area contributed by atoms with Crippen LogP contribution in [0, 0.1) is 23.7 Å². The number of nitrogens with zero attached hydrogens (tertiary/aromatic N) is 1. The highest BCUT2D eigenvalue weighted by molar-refractivity contribution is 8.00. The lowest BCUT2D eigenvalue weighted by molar-refractivity contribution is 0.244. The van der Waals surface area contributed by atoms with Gasteiger partial charge in [-0.05, 0) is 121 Å². The highest BCUT2D eigenvalue weighted by Crippen LogP contribution is 2.42. The van der Waals surface area contributed by atoms with E-state index in [4.69, 9.17) is 9.15 Å². The summed E-state index contributed by atoms with van der Waals surface area (Å²) in [7, 11) is 0. The van der Waals surface area contributed by atoms with E-state index in [1.54, 1.807) is 0 Å². The molecule has 0 spiro atoms. The molecule has 4 heterocycles. The molecule has 0 saturated carbocycles. The lowest BCUT2D eigenvalue weighted by atomic mass is 10.1. The monoisotopic (exact) mass is 1390 g/mol. The number of hydrogen-bond donors (Lipinski definition) is 0. The summed E-state index contributed by atoms with van der Waals surface area (Å²) in [5.41, 5.74) is 10.3. The van der Waals surface area contributed by atoms with Crippen LogP contribution in [0.5, 0.6) is 5.75 Å². The molecule has 2 aliphatic carbocycles. The summed E-state index contributed by atoms with van der Waals surface area (Å²) in [5, 5.41) is 8.29. The van der Waals surface area contributed by atoms with Crippen molar-refractivity contribution >= 4 is 87.0 Å². The third kappa shape index (κ3) is 32.0. The van der Waals surface area contributed by atoms with E-state index in [2.05, 4.69) is 296 Å². The first-order valence-corrected chi connectivity index (χ1v) is 37.3. The number of thioether (sulfide) groups is 1. The van der Waals surface area contributed by atoms with Gasteiger partial charge in [-0.3, -0.25) is 0 Å². The van der Waals surface area contributed by atoms with Crippen molar-refractivity contribution in [3.8, 4) is 16.9 Å². The normalized spacial score (nSPS) is 12.0. The smallest absolute Gasteiger partial charge is 0.135 e. The van der Waals surface area contributed by atoms with Crippen LogP contribution in [0.15, 0.2) is 252 Å². The maximum absolute atomic E-state index is 5.88. The fraction of sp³-hybridized carbons (Fsp3) is 0.389. The van der Waals surface area contributed by atoms with E-state index in [0.717, 1.165) is 47.0 Å². The first-order valence-electron chi connectivity index (χ1n) is 35.6. The van der Waals surface area contributed by atoms with E-state index >= 15 is 0 Å². The molecule has 3 nitrogen and oxygen atoms in total. The van der Waals surface area contributed by atoms with Crippen molar-refractivity contribution in [2.75, 3.05) is 0 Å². The molecular weight excluding hydrogens is 1250 g/mol. The molecule has 100 heavy (non-hydrogen) atoms. The number of benzene rings is 9. The van der Waals surface area contributed by atoms with Crippen LogP contribution in [0.3, 0.4) is 0 Å². The number of allylic oxidation sites excluding steroid dienone is 2. The molecule has 2 atom stereocenters. The predicted octanol–water partition coefficient (Wildman–Crippen LogP) is 33.3. The molecular formula is C95H141NO2S2. The fourth-order valence-corrected chi connectivity index (χ4v) is 11.9. The third-order valence-corrected chi connectivity index (χ3v) is 15.3. The average Bonchev–Trinajstić information content (AvgIpc) is 1.61. The molecule has 0 N–H and O–H groups in total. The van der Waals surface area contributed by atoms with Crippen molar-refractivity contribution in [3.05, 3.63) is 254 Å². The zero-order valence-electron chi connectivity index (χ0n) is 62.9. The number of ether oxygens (including phenoxy) is 1. The van der Waals surface area contributed by atoms with Gasteiger partial charge in [0, 0.05) is 58.8 Å². The average molecular weight is 1390 g/mol. The van der Waals surface area contributed by atoms with Crippen molar-refractivity contribution in [3.63, 3.8) is 0 Å². The molecule has 9 aromatic carbocycles. The number of rotatable bonds is 1. The molecule has 12 aromatic rings. The maximum Gasteiger partial charge on any atom is 0.135 e. The Morgan fingerprint density at radius 3 is 1.05 bits per heavy atom. The van der Waals surface area contributed by atoms with Crippen LogP contribution in [0.25, 0.3) is 75.0 Å². The number of para-hydroxylation sites is 5. The first-order chi connectivity index (χ1) is 46.0. The highest BCUT2D eigenvalue weighted by atomic mass is 32.2. The Labute approximate surface area is 623 Å². The van der Waals surface area contributed by atoms with E-state index in [1.165, 1.54) is 79.9 Å². The SMILES string of the molecule is C.C.C.C.C.C1=CC2Oc3ccccc3SC2C=C1.CC.CC.CC.CC.CC.CC(C)C.CC(C)C.CC(C)C.CC(C)C.CC(C)n1c2ccccc2c2ccccc21.c1ccc2c(c1)Cc1ccccc1-2.c1ccc2c(c1)oc1ccccc12.c1ccc2c(c1)sc1ccccc12. The van der Waals surface area contributed by atoms with E-state index in [1.807, 2.05) is 141 Å². The van der Waals surface area contributed by atoms with Crippen molar-refractivity contribution in [1.82, 2.24) is 4.57 Å². The second kappa shape index (κ2) is 56.1. The molecule has 0 bridgehead atoms. The van der Waals surface area contributed by atoms with Crippen LogP contribution in [-0.2, 0) is 6.42 Å². The minimum Gasteiger partial charge on any atom is -0.484 e. The van der Waals surface area contributed by atoms with E-state index in [0.29, 0.717) is 11.3 Å². The van der Waals surface area contributed by atoms with Gasteiger partial charge in [-0.15, -0.1) is 23.1 Å². The van der Waals surface area contributed by atoms with Crippen molar-refractivity contribution in [2.45, 2.75) is 232 Å². The molecule has 0 amide bonds. The summed E-state index contributed by atoms with van der Waals surface area (Å²) in [6.07, 6.45) is 9.77. The van der Waals surface area contributed by atoms with Crippen molar-refractivity contribution < 1.29 is 9.15 Å². The molecule has 0 fully saturated rings. The van der Waals surface area contributed by atoms with E-state index in [-0.39, 0.29) is 43.2 Å². The van der Waals surface area contributed by atoms with Crippen LogP contribution in [-0.4, -0.2) is 15.9 Å². The van der Waals surface area contributed by atoms with Crippen molar-refractivity contribution in [2.24, 2.45) is 23.7 Å². The van der Waals surface area contributed by atoms with Gasteiger partial charge in [0.15, 0.2) is 0 Å². The van der Waals surface area contributed by atoms with Crippen LogP contribution >= 0.6 is 23.1 Å². The van der Waals surface area contributed by atoms with Crippen LogP contribution < -0.4 is 4.74 Å². The minimum atomic E-state index is 0. The van der Waals surface area contributed by atoms with Gasteiger partial charge >= 0.3 is 0 Å². The van der Waals surface area contributed by atoms with Gasteiger partial charge in [0.25, 0.3) is 0 Å². The van der Waals surface area contributed by atoms with Gasteiger partial charge in [0.1, 0.15) is 23.0 Å². The molecule has 2 unspecified atom stereocenters. The van der Waals surface area contributed by atoms with Gasteiger partial charge in [0.05, 0.1) is 10.1 Å². The molecule has 0 radical (unpaired) electrons. The van der Waals surface area contributed by atoms with Gasteiger partial charge in [-0.2, -0.15) is 0 Å². The summed E-state index contributed by atoms with van der Waals surface area (Å²) < 4.78 is 16.7. The maximum atomic E-state index is 5.88. The standard InChI is InChI=1S/C15H15N.C13H10.C12H10OS.C12H8O.C12H8S.4C4H10.5C2H6.5CH4/c1-11(2)16-14-9-5-3-7-12(14)13-8-4-6-10-15(13)16;1-3-7-12-10(5-1)9-11-6-2-4-8-13(11)12;1-3-7-11-9(5-1)13-10-6-2-4-8-12(10)14-11;2*1-3-7-11-9(5-1)10-6-2-4-8-12(10)13-11;4*1-4(2)3;5*1-2;;;;;/h3-11H,1-2H3;1-8H,9H2;1-9,11H;2*1-8H;4*4H,1-3H3;5*1-2H3;5*1H4. The Balaban J connectivity index is -0.000000525. The number of hydrogen-bond acceptors (Lipinski definition) is 4. The summed E-state index contributed by atoms with van der Waals surface area (Å²) in [5.74, 6) is 4.35. The number of thiophene rings is 1. The van der Waals surface area contributed by atoms with Crippen molar-refractivity contribution in [1.29, 1.82) is 0 Å². The predicted molar refractivity (Wildman–Crippen MR) is 469 cm³/mol. The molecule has 1 aliphatic heterocycles. The number of aromatic nitrogens is 1. The largest absolute Gasteiger partial charge is 0.484 e. The third-order valence-electron chi connectivity index (χ3n) is 12.8. The molecule has 3 aliphatic rings. The van der Waals surface area contributed by atoms with E-state index < -0.39 is 0 Å². The van der Waals surface area contributed by atoms with Gasteiger partial charge in [-0.25, -0.2) is 0 Å². The Bertz CT molecular complexity index is 3640. The lowest BCUT2D eigenvalue weighted by Gasteiger charge is -2.30. The summed E-state index contributed by atoms with van der Waals surface area (Å²) in [6.45, 7) is 50.5. The Morgan fingerprint density at radius 2 is 0.650 bits per heavy atom. The first kappa shape index (κ1) is 98.8. The Morgan fingerprint density at radius 1 is 0.340 bits per heavy atom. The molecule has 3 aromatic heterocycles. The Hall–Kier alpha value is -7.57. The summed E-state index contributed by atoms with van der Waals surface area (Å²) >= 11 is 3.74. The van der Waals surface area contributed by atoms with Crippen LogP contribution in [0.4, 0.5) is 0 Å². The van der Waals surface area contributed by atoms with Gasteiger partial charge in [-0.1, -0.05) is 378 Å². The number of furan rings is 1. The summed E-state index contributed by atoms with van der Waals surface area (Å²) in [4.78, 5) is 1.24. The van der Waals surface area contributed by atoms with Gasteiger partial charge in [0.2, 0.25) is 0 Å². The lowest BCUT2D eigenvalue weighted by Crippen LogP contribution is -2.30.